The van der Waals surface area contributed by atoms with Crippen LogP contribution >= 0.6 is 0 Å². The zero-order valence-corrected chi connectivity index (χ0v) is 8.64. The van der Waals surface area contributed by atoms with Crippen LogP contribution in [0.2, 0.25) is 0 Å². The average Bonchev–Trinajstić information content (AvgIpc) is 2.88. The molecule has 2 fully saturated rings. The lowest BCUT2D eigenvalue weighted by molar-refractivity contribution is 0.0492. The normalized spacial score (nSPS) is 25.5. The number of hydrogen-bond donors (Lipinski definition) is 2. The highest BCUT2D eigenvalue weighted by Gasteiger charge is 2.31. The molecule has 0 aromatic rings. The minimum absolute atomic E-state index is 0.0168. The SMILES string of the molecule is CC1(NC(=O)NC2CC2)CCOCC1. The highest BCUT2D eigenvalue weighted by molar-refractivity contribution is 5.75. The number of rotatable bonds is 2. The van der Waals surface area contributed by atoms with Crippen molar-refractivity contribution in [2.24, 2.45) is 0 Å². The van der Waals surface area contributed by atoms with Gasteiger partial charge in [-0.2, -0.15) is 0 Å². The fourth-order valence-electron chi connectivity index (χ4n) is 1.67. The summed E-state index contributed by atoms with van der Waals surface area (Å²) in [5, 5.41) is 5.97. The van der Waals surface area contributed by atoms with Gasteiger partial charge in [0.2, 0.25) is 0 Å². The van der Waals surface area contributed by atoms with E-state index in [0.29, 0.717) is 6.04 Å². The first-order valence-corrected chi connectivity index (χ1v) is 5.34. The van der Waals surface area contributed by atoms with Gasteiger partial charge in [-0.25, -0.2) is 4.79 Å². The Bertz CT molecular complexity index is 220. The molecule has 80 valence electrons. The number of carbonyl (C=O) groups is 1. The Morgan fingerprint density at radius 1 is 1.36 bits per heavy atom. The van der Waals surface area contributed by atoms with Crippen molar-refractivity contribution in [1.82, 2.24) is 10.6 Å². The molecule has 0 radical (unpaired) electrons. The Hall–Kier alpha value is -0.770. The molecule has 0 bridgehead atoms. The van der Waals surface area contributed by atoms with Crippen LogP contribution in [0, 0.1) is 0 Å². The monoisotopic (exact) mass is 198 g/mol. The third-order valence-corrected chi connectivity index (χ3v) is 2.92. The van der Waals surface area contributed by atoms with E-state index in [9.17, 15) is 4.79 Å². The quantitative estimate of drug-likeness (QED) is 0.696. The van der Waals surface area contributed by atoms with Gasteiger partial charge in [0.05, 0.1) is 0 Å². The molecule has 2 aliphatic rings. The van der Waals surface area contributed by atoms with Crippen LogP contribution in [0.3, 0.4) is 0 Å². The molecule has 4 heteroatoms. The van der Waals surface area contributed by atoms with E-state index >= 15 is 0 Å². The number of amides is 2. The molecule has 1 saturated carbocycles. The smallest absolute Gasteiger partial charge is 0.315 e. The van der Waals surface area contributed by atoms with Crippen molar-refractivity contribution in [3.8, 4) is 0 Å². The van der Waals surface area contributed by atoms with Crippen molar-refractivity contribution in [3.05, 3.63) is 0 Å². The van der Waals surface area contributed by atoms with Crippen molar-refractivity contribution < 1.29 is 9.53 Å². The molecule has 1 aliphatic carbocycles. The van der Waals surface area contributed by atoms with Gasteiger partial charge in [-0.3, -0.25) is 0 Å². The van der Waals surface area contributed by atoms with Crippen molar-refractivity contribution in [2.45, 2.75) is 44.2 Å². The maximum Gasteiger partial charge on any atom is 0.315 e. The zero-order valence-electron chi connectivity index (χ0n) is 8.64. The summed E-state index contributed by atoms with van der Waals surface area (Å²) in [5.41, 5.74) is -0.0722. The van der Waals surface area contributed by atoms with E-state index in [-0.39, 0.29) is 11.6 Å². The molecule has 2 rings (SSSR count). The maximum absolute atomic E-state index is 11.5. The zero-order chi connectivity index (χ0) is 10.0. The number of urea groups is 1. The van der Waals surface area contributed by atoms with Gasteiger partial charge in [0, 0.05) is 24.8 Å². The lowest BCUT2D eigenvalue weighted by Crippen LogP contribution is -2.53. The van der Waals surface area contributed by atoms with Crippen LogP contribution in [0.5, 0.6) is 0 Å². The number of nitrogens with one attached hydrogen (secondary N) is 2. The van der Waals surface area contributed by atoms with Gasteiger partial charge in [0.25, 0.3) is 0 Å². The lowest BCUT2D eigenvalue weighted by Gasteiger charge is -2.34. The highest BCUT2D eigenvalue weighted by atomic mass is 16.5. The van der Waals surface area contributed by atoms with Gasteiger partial charge < -0.3 is 15.4 Å². The van der Waals surface area contributed by atoms with Crippen LogP contribution < -0.4 is 10.6 Å². The Kier molecular flexibility index (Phi) is 2.63. The minimum Gasteiger partial charge on any atom is -0.381 e. The summed E-state index contributed by atoms with van der Waals surface area (Å²) in [6.07, 6.45) is 4.08. The van der Waals surface area contributed by atoms with Crippen LogP contribution in [0.1, 0.15) is 32.6 Å². The molecule has 0 spiro atoms. The highest BCUT2D eigenvalue weighted by Crippen LogP contribution is 2.21. The molecule has 1 aliphatic heterocycles. The fraction of sp³-hybridized carbons (Fsp3) is 0.900. The second-order valence-corrected chi connectivity index (χ2v) is 4.55. The van der Waals surface area contributed by atoms with Gasteiger partial charge in [0.1, 0.15) is 0 Å². The summed E-state index contributed by atoms with van der Waals surface area (Å²) in [5.74, 6) is 0. The molecular weight excluding hydrogens is 180 g/mol. The summed E-state index contributed by atoms with van der Waals surface area (Å²) in [4.78, 5) is 11.5. The molecule has 1 heterocycles. The van der Waals surface area contributed by atoms with Gasteiger partial charge in [-0.15, -0.1) is 0 Å². The third-order valence-electron chi connectivity index (χ3n) is 2.92. The average molecular weight is 198 g/mol. The van der Waals surface area contributed by atoms with E-state index in [4.69, 9.17) is 4.74 Å². The second kappa shape index (κ2) is 3.77. The molecule has 2 amide bonds. The first-order valence-electron chi connectivity index (χ1n) is 5.34. The minimum atomic E-state index is -0.0722. The van der Waals surface area contributed by atoms with Gasteiger partial charge in [-0.1, -0.05) is 0 Å². The molecule has 1 saturated heterocycles. The summed E-state index contributed by atoms with van der Waals surface area (Å²) in [7, 11) is 0. The Morgan fingerprint density at radius 3 is 2.57 bits per heavy atom. The standard InChI is InChI=1S/C10H18N2O2/c1-10(4-6-14-7-5-10)12-9(13)11-8-2-3-8/h8H,2-7H2,1H3,(H2,11,12,13). The second-order valence-electron chi connectivity index (χ2n) is 4.55. The van der Waals surface area contributed by atoms with E-state index in [0.717, 1.165) is 38.9 Å². The first-order chi connectivity index (χ1) is 6.68. The van der Waals surface area contributed by atoms with E-state index in [1.165, 1.54) is 0 Å². The van der Waals surface area contributed by atoms with Crippen LogP contribution in [-0.4, -0.2) is 30.8 Å². The molecule has 2 N–H and O–H groups in total. The van der Waals surface area contributed by atoms with Crippen LogP contribution in [-0.2, 0) is 4.74 Å². The fourth-order valence-corrected chi connectivity index (χ4v) is 1.67. The molecule has 0 aromatic heterocycles. The topological polar surface area (TPSA) is 50.4 Å². The Labute approximate surface area is 84.4 Å². The molecule has 4 nitrogen and oxygen atoms in total. The summed E-state index contributed by atoms with van der Waals surface area (Å²) in [6.45, 7) is 3.59. The largest absolute Gasteiger partial charge is 0.381 e. The van der Waals surface area contributed by atoms with Crippen LogP contribution in [0.25, 0.3) is 0 Å². The van der Waals surface area contributed by atoms with Crippen molar-refractivity contribution in [3.63, 3.8) is 0 Å². The summed E-state index contributed by atoms with van der Waals surface area (Å²) >= 11 is 0. The molecule has 0 unspecified atom stereocenters. The van der Waals surface area contributed by atoms with Gasteiger partial charge in [-0.05, 0) is 32.6 Å². The predicted octanol–water partition coefficient (Wildman–Crippen LogP) is 1.02. The molecule has 14 heavy (non-hydrogen) atoms. The van der Waals surface area contributed by atoms with Crippen molar-refractivity contribution in [2.75, 3.05) is 13.2 Å². The van der Waals surface area contributed by atoms with E-state index in [1.54, 1.807) is 0 Å². The van der Waals surface area contributed by atoms with E-state index in [1.807, 2.05) is 0 Å². The van der Waals surface area contributed by atoms with E-state index in [2.05, 4.69) is 17.6 Å². The number of hydrogen-bond acceptors (Lipinski definition) is 2. The predicted molar refractivity (Wildman–Crippen MR) is 53.1 cm³/mol. The number of ether oxygens (including phenoxy) is 1. The van der Waals surface area contributed by atoms with Crippen LogP contribution in [0.4, 0.5) is 4.79 Å². The Balaban J connectivity index is 1.78. The van der Waals surface area contributed by atoms with Crippen LogP contribution in [0.15, 0.2) is 0 Å². The van der Waals surface area contributed by atoms with E-state index < -0.39 is 0 Å². The lowest BCUT2D eigenvalue weighted by atomic mass is 9.93. The maximum atomic E-state index is 11.5. The Morgan fingerprint density at radius 2 is 2.00 bits per heavy atom. The first kappa shape index (κ1) is 9.77. The van der Waals surface area contributed by atoms with Gasteiger partial charge in [0.15, 0.2) is 0 Å². The third kappa shape index (κ3) is 2.61. The van der Waals surface area contributed by atoms with Crippen molar-refractivity contribution in [1.29, 1.82) is 0 Å². The summed E-state index contributed by atoms with van der Waals surface area (Å²) in [6, 6.07) is 0.412. The molecule has 0 atom stereocenters. The number of carbonyl (C=O) groups excluding carboxylic acids is 1. The van der Waals surface area contributed by atoms with Gasteiger partial charge >= 0.3 is 6.03 Å². The molecular formula is C10H18N2O2. The van der Waals surface area contributed by atoms with Crippen molar-refractivity contribution >= 4 is 6.03 Å². The summed E-state index contributed by atoms with van der Waals surface area (Å²) < 4.78 is 5.27. The molecule has 0 aromatic carbocycles.